The van der Waals surface area contributed by atoms with Gasteiger partial charge in [0.05, 0.1) is 12.8 Å². The molecule has 0 bridgehead atoms. The molecule has 1 heterocycles. The smallest absolute Gasteiger partial charge is 0.220 e. The van der Waals surface area contributed by atoms with Crippen molar-refractivity contribution in [2.24, 2.45) is 0 Å². The highest BCUT2D eigenvalue weighted by Crippen LogP contribution is 2.34. The lowest BCUT2D eigenvalue weighted by atomic mass is 9.97. The summed E-state index contributed by atoms with van der Waals surface area (Å²) in [6, 6.07) is 12.2. The van der Waals surface area contributed by atoms with Crippen molar-refractivity contribution in [3.63, 3.8) is 0 Å². The summed E-state index contributed by atoms with van der Waals surface area (Å²) < 4.78 is 5.55. The van der Waals surface area contributed by atoms with Crippen molar-refractivity contribution in [3.8, 4) is 5.75 Å². The van der Waals surface area contributed by atoms with Crippen LogP contribution in [0.15, 0.2) is 48.8 Å². The van der Waals surface area contributed by atoms with Gasteiger partial charge in [0.2, 0.25) is 5.91 Å². The average molecular weight is 310 g/mol. The Morgan fingerprint density at radius 1 is 1.26 bits per heavy atom. The molecule has 0 unspecified atom stereocenters. The Hall–Kier alpha value is -2.36. The first kappa shape index (κ1) is 15.5. The van der Waals surface area contributed by atoms with Crippen LogP contribution in [0.2, 0.25) is 0 Å². The third-order valence-corrected chi connectivity index (χ3v) is 4.24. The van der Waals surface area contributed by atoms with E-state index in [9.17, 15) is 4.79 Å². The summed E-state index contributed by atoms with van der Waals surface area (Å²) in [5, 5.41) is 2.99. The Morgan fingerprint density at radius 2 is 2.17 bits per heavy atom. The van der Waals surface area contributed by atoms with Crippen molar-refractivity contribution in [3.05, 3.63) is 59.9 Å². The normalized spacial score (nSPS) is 15.9. The number of amides is 1. The number of rotatable bonds is 7. The van der Waals surface area contributed by atoms with Crippen molar-refractivity contribution in [1.82, 2.24) is 10.3 Å². The van der Waals surface area contributed by atoms with Gasteiger partial charge in [-0.15, -0.1) is 0 Å². The van der Waals surface area contributed by atoms with Gasteiger partial charge in [0.15, 0.2) is 0 Å². The predicted molar refractivity (Wildman–Crippen MR) is 89.5 cm³/mol. The topological polar surface area (TPSA) is 51.2 Å². The SMILES string of the molecule is O=C(C[C@H]1CCc2ccccc21)NCCCOc1cccnc1. The van der Waals surface area contributed by atoms with Crippen LogP contribution in [0, 0.1) is 0 Å². The zero-order valence-corrected chi connectivity index (χ0v) is 13.2. The standard InChI is InChI=1S/C19H22N2O2/c22-19(13-16-9-8-15-5-1-2-7-18(15)16)21-11-4-12-23-17-6-3-10-20-14-17/h1-3,5-7,10,14,16H,4,8-9,11-13H2,(H,21,22)/t16-/m1/s1. The van der Waals surface area contributed by atoms with E-state index >= 15 is 0 Å². The highest BCUT2D eigenvalue weighted by atomic mass is 16.5. The summed E-state index contributed by atoms with van der Waals surface area (Å²) in [4.78, 5) is 16.1. The van der Waals surface area contributed by atoms with Gasteiger partial charge in [0, 0.05) is 19.2 Å². The Labute approximate surface area is 136 Å². The van der Waals surface area contributed by atoms with Gasteiger partial charge < -0.3 is 10.1 Å². The molecule has 0 saturated carbocycles. The Kier molecular flexibility index (Phi) is 5.25. The van der Waals surface area contributed by atoms with E-state index in [1.165, 1.54) is 11.1 Å². The van der Waals surface area contributed by atoms with Crippen molar-refractivity contribution >= 4 is 5.91 Å². The molecule has 0 spiro atoms. The number of aromatic nitrogens is 1. The lowest BCUT2D eigenvalue weighted by molar-refractivity contribution is -0.121. The van der Waals surface area contributed by atoms with Crippen molar-refractivity contribution in [2.75, 3.05) is 13.2 Å². The van der Waals surface area contributed by atoms with Crippen molar-refractivity contribution in [2.45, 2.75) is 31.6 Å². The minimum Gasteiger partial charge on any atom is -0.492 e. The minimum absolute atomic E-state index is 0.132. The van der Waals surface area contributed by atoms with Crippen LogP contribution < -0.4 is 10.1 Å². The second-order valence-electron chi connectivity index (χ2n) is 5.88. The highest BCUT2D eigenvalue weighted by Gasteiger charge is 2.23. The van der Waals surface area contributed by atoms with Crippen LogP contribution in [0.25, 0.3) is 0 Å². The zero-order chi connectivity index (χ0) is 15.9. The van der Waals surface area contributed by atoms with Gasteiger partial charge in [0.25, 0.3) is 0 Å². The molecule has 0 aliphatic heterocycles. The van der Waals surface area contributed by atoms with Gasteiger partial charge in [-0.2, -0.15) is 0 Å². The van der Waals surface area contributed by atoms with Gasteiger partial charge in [-0.05, 0) is 48.4 Å². The van der Waals surface area contributed by atoms with Crippen LogP contribution in [-0.2, 0) is 11.2 Å². The number of nitrogens with zero attached hydrogens (tertiary/aromatic N) is 1. The lowest BCUT2D eigenvalue weighted by Crippen LogP contribution is -2.26. The maximum absolute atomic E-state index is 12.1. The molecule has 120 valence electrons. The molecular weight excluding hydrogens is 288 g/mol. The van der Waals surface area contributed by atoms with Crippen LogP contribution >= 0.6 is 0 Å². The number of carbonyl (C=O) groups excluding carboxylic acids is 1. The Bertz CT molecular complexity index is 643. The summed E-state index contributed by atoms with van der Waals surface area (Å²) in [6.07, 6.45) is 6.96. The number of ether oxygens (including phenoxy) is 1. The first-order valence-electron chi connectivity index (χ1n) is 8.20. The predicted octanol–water partition coefficient (Wildman–Crippen LogP) is 3.09. The molecule has 4 heteroatoms. The number of aryl methyl sites for hydroxylation is 1. The van der Waals surface area contributed by atoms with Gasteiger partial charge in [0.1, 0.15) is 5.75 Å². The zero-order valence-electron chi connectivity index (χ0n) is 13.2. The lowest BCUT2D eigenvalue weighted by Gasteiger charge is -2.12. The molecule has 1 aliphatic rings. The van der Waals surface area contributed by atoms with Crippen molar-refractivity contribution < 1.29 is 9.53 Å². The number of pyridine rings is 1. The first-order valence-corrected chi connectivity index (χ1v) is 8.20. The molecule has 1 aromatic carbocycles. The number of benzene rings is 1. The molecule has 0 radical (unpaired) electrons. The van der Waals surface area contributed by atoms with Gasteiger partial charge in [-0.25, -0.2) is 0 Å². The van der Waals surface area contributed by atoms with E-state index in [2.05, 4.69) is 34.6 Å². The largest absolute Gasteiger partial charge is 0.492 e. The molecule has 23 heavy (non-hydrogen) atoms. The number of nitrogens with one attached hydrogen (secondary N) is 1. The first-order chi connectivity index (χ1) is 11.3. The molecule has 1 amide bonds. The minimum atomic E-state index is 0.132. The summed E-state index contributed by atoms with van der Waals surface area (Å²) in [6.45, 7) is 1.23. The van der Waals surface area contributed by atoms with Crippen LogP contribution in [0.5, 0.6) is 5.75 Å². The molecule has 1 aromatic heterocycles. The highest BCUT2D eigenvalue weighted by molar-refractivity contribution is 5.77. The molecule has 1 atom stereocenters. The van der Waals surface area contributed by atoms with Crippen LogP contribution in [0.4, 0.5) is 0 Å². The number of hydrogen-bond acceptors (Lipinski definition) is 3. The number of hydrogen-bond donors (Lipinski definition) is 1. The van der Waals surface area contributed by atoms with E-state index in [1.807, 2.05) is 12.1 Å². The fraction of sp³-hybridized carbons (Fsp3) is 0.368. The molecule has 4 nitrogen and oxygen atoms in total. The van der Waals surface area contributed by atoms with E-state index in [1.54, 1.807) is 12.4 Å². The molecule has 0 fully saturated rings. The fourth-order valence-corrected chi connectivity index (χ4v) is 3.08. The van der Waals surface area contributed by atoms with Crippen molar-refractivity contribution in [1.29, 1.82) is 0 Å². The molecule has 1 N–H and O–H groups in total. The molecule has 0 saturated heterocycles. The second-order valence-corrected chi connectivity index (χ2v) is 5.88. The summed E-state index contributed by atoms with van der Waals surface area (Å²) in [5.41, 5.74) is 2.75. The van der Waals surface area contributed by atoms with Gasteiger partial charge >= 0.3 is 0 Å². The van der Waals surface area contributed by atoms with Crippen LogP contribution in [0.1, 0.15) is 36.3 Å². The second kappa shape index (κ2) is 7.77. The molecule has 1 aliphatic carbocycles. The molecular formula is C19H22N2O2. The third kappa shape index (κ3) is 4.31. The van der Waals surface area contributed by atoms with E-state index in [-0.39, 0.29) is 5.91 Å². The summed E-state index contributed by atoms with van der Waals surface area (Å²) in [5.74, 6) is 1.27. The summed E-state index contributed by atoms with van der Waals surface area (Å²) in [7, 11) is 0. The van der Waals surface area contributed by atoms with Crippen LogP contribution in [0.3, 0.4) is 0 Å². The maximum atomic E-state index is 12.1. The van der Waals surface area contributed by atoms with Crippen LogP contribution in [-0.4, -0.2) is 24.0 Å². The van der Waals surface area contributed by atoms with Gasteiger partial charge in [-0.3, -0.25) is 9.78 Å². The Balaban J connectivity index is 1.34. The van der Waals surface area contributed by atoms with E-state index in [4.69, 9.17) is 4.74 Å². The summed E-state index contributed by atoms with van der Waals surface area (Å²) >= 11 is 0. The van der Waals surface area contributed by atoms with E-state index in [0.717, 1.165) is 25.0 Å². The monoisotopic (exact) mass is 310 g/mol. The fourth-order valence-electron chi connectivity index (χ4n) is 3.08. The number of carbonyl (C=O) groups is 1. The van der Waals surface area contributed by atoms with E-state index < -0.39 is 0 Å². The van der Waals surface area contributed by atoms with Gasteiger partial charge in [-0.1, -0.05) is 24.3 Å². The van der Waals surface area contributed by atoms with E-state index in [0.29, 0.717) is 25.5 Å². The maximum Gasteiger partial charge on any atom is 0.220 e. The number of fused-ring (bicyclic) bond motifs is 1. The Morgan fingerprint density at radius 3 is 3.04 bits per heavy atom. The molecule has 2 aromatic rings. The third-order valence-electron chi connectivity index (χ3n) is 4.24. The molecule has 3 rings (SSSR count). The quantitative estimate of drug-likeness (QED) is 0.800. The average Bonchev–Trinajstić information content (AvgIpc) is 2.99.